The lowest BCUT2D eigenvalue weighted by molar-refractivity contribution is -0.123. The van der Waals surface area contributed by atoms with Crippen LogP contribution in [0, 0.1) is 0 Å². The van der Waals surface area contributed by atoms with Crippen LogP contribution in [0.2, 0.25) is 0 Å². The number of carbonyl (C=O) groups is 1. The zero-order valence-electron chi connectivity index (χ0n) is 8.73. The van der Waals surface area contributed by atoms with E-state index in [-0.39, 0.29) is 6.04 Å². The molecule has 0 radical (unpaired) electrons. The number of benzene rings is 1. The third-order valence-electron chi connectivity index (χ3n) is 2.99. The van der Waals surface area contributed by atoms with Crippen molar-refractivity contribution >= 4 is 12.0 Å². The first-order valence-corrected chi connectivity index (χ1v) is 5.16. The molecule has 2 N–H and O–H groups in total. The normalized spacial score (nSPS) is 23.5. The first kappa shape index (κ1) is 10.2. The lowest BCUT2D eigenvalue weighted by atomic mass is 9.88. The second-order valence-corrected chi connectivity index (χ2v) is 4.24. The number of nitrogens with one attached hydrogen (secondary N) is 1. The number of para-hydroxylation sites is 1. The molecular formula is C12H15NO2. The summed E-state index contributed by atoms with van der Waals surface area (Å²) in [7, 11) is 0. The molecule has 0 bridgehead atoms. The van der Waals surface area contributed by atoms with Gasteiger partial charge in [-0.3, -0.25) is 0 Å². The summed E-state index contributed by atoms with van der Waals surface area (Å²) in [6.45, 7) is 1.55. The van der Waals surface area contributed by atoms with Crippen molar-refractivity contribution in [2.45, 2.75) is 31.4 Å². The van der Waals surface area contributed by atoms with Crippen molar-refractivity contribution in [2.24, 2.45) is 0 Å². The van der Waals surface area contributed by atoms with Crippen molar-refractivity contribution in [3.63, 3.8) is 0 Å². The Kier molecular flexibility index (Phi) is 2.49. The average Bonchev–Trinajstić information content (AvgIpc) is 2.28. The molecule has 15 heavy (non-hydrogen) atoms. The zero-order chi connectivity index (χ0) is 10.9. The van der Waals surface area contributed by atoms with Gasteiger partial charge in [0.05, 0.1) is 6.04 Å². The average molecular weight is 205 g/mol. The second-order valence-electron chi connectivity index (χ2n) is 4.24. The van der Waals surface area contributed by atoms with E-state index in [0.29, 0.717) is 6.29 Å². The van der Waals surface area contributed by atoms with Gasteiger partial charge in [-0.2, -0.15) is 0 Å². The highest BCUT2D eigenvalue weighted by Crippen LogP contribution is 2.28. The molecule has 1 aromatic rings. The monoisotopic (exact) mass is 205 g/mol. The summed E-state index contributed by atoms with van der Waals surface area (Å²) in [6.07, 6.45) is 2.29. The highest BCUT2D eigenvalue weighted by atomic mass is 16.3. The summed E-state index contributed by atoms with van der Waals surface area (Å²) in [5.41, 5.74) is 0.986. The van der Waals surface area contributed by atoms with Crippen LogP contribution in [0.5, 0.6) is 0 Å². The Balaban J connectivity index is 2.22. The number of anilines is 1. The van der Waals surface area contributed by atoms with Crippen molar-refractivity contribution in [3.8, 4) is 0 Å². The molecule has 0 fully saturated rings. The molecule has 0 amide bonds. The second kappa shape index (κ2) is 3.66. The fraction of sp³-hybridized carbons (Fsp3) is 0.417. The van der Waals surface area contributed by atoms with Gasteiger partial charge in [0.2, 0.25) is 0 Å². The third kappa shape index (κ3) is 1.88. The van der Waals surface area contributed by atoms with Crippen LogP contribution in [0.4, 0.5) is 5.69 Å². The van der Waals surface area contributed by atoms with Gasteiger partial charge in [-0.1, -0.05) is 18.2 Å². The van der Waals surface area contributed by atoms with Gasteiger partial charge in [0.1, 0.15) is 5.60 Å². The molecule has 0 saturated heterocycles. The number of fused-ring (bicyclic) bond motifs is 1. The quantitative estimate of drug-likeness (QED) is 0.717. The Bertz CT molecular complexity index is 374. The third-order valence-corrected chi connectivity index (χ3v) is 2.99. The largest absolute Gasteiger partial charge is 0.381 e. The van der Waals surface area contributed by atoms with Crippen LogP contribution in [-0.4, -0.2) is 23.0 Å². The number of aryl methyl sites for hydroxylation is 1. The van der Waals surface area contributed by atoms with E-state index in [2.05, 4.69) is 11.4 Å². The van der Waals surface area contributed by atoms with Crippen molar-refractivity contribution < 1.29 is 9.90 Å². The summed E-state index contributed by atoms with van der Waals surface area (Å²) >= 11 is 0. The van der Waals surface area contributed by atoms with E-state index in [1.54, 1.807) is 6.92 Å². The Morgan fingerprint density at radius 3 is 3.00 bits per heavy atom. The van der Waals surface area contributed by atoms with Gasteiger partial charge in [-0.05, 0) is 31.4 Å². The molecule has 0 aromatic heterocycles. The van der Waals surface area contributed by atoms with Gasteiger partial charge < -0.3 is 15.2 Å². The minimum atomic E-state index is -1.28. The molecule has 2 atom stereocenters. The zero-order valence-corrected chi connectivity index (χ0v) is 8.73. The molecule has 1 aromatic carbocycles. The number of aliphatic hydroxyl groups is 1. The maximum absolute atomic E-state index is 10.7. The van der Waals surface area contributed by atoms with Crippen molar-refractivity contribution in [3.05, 3.63) is 29.8 Å². The molecular weight excluding hydrogens is 190 g/mol. The number of aldehydes is 1. The smallest absolute Gasteiger partial charge is 0.153 e. The first-order chi connectivity index (χ1) is 7.13. The minimum Gasteiger partial charge on any atom is -0.381 e. The summed E-state index contributed by atoms with van der Waals surface area (Å²) in [5.74, 6) is 0. The summed E-state index contributed by atoms with van der Waals surface area (Å²) in [6, 6.07) is 7.80. The number of carbonyl (C=O) groups excluding carboxylic acids is 1. The van der Waals surface area contributed by atoms with Crippen molar-refractivity contribution in [2.75, 3.05) is 5.32 Å². The van der Waals surface area contributed by atoms with Gasteiger partial charge in [-0.15, -0.1) is 0 Å². The van der Waals surface area contributed by atoms with E-state index >= 15 is 0 Å². The molecule has 0 spiro atoms. The van der Waals surface area contributed by atoms with E-state index in [0.717, 1.165) is 18.5 Å². The standard InChI is InChI=1S/C12H15NO2/c1-12(15,8-14)11-7-6-9-4-2-3-5-10(9)13-11/h2-5,8,11,13,15H,6-7H2,1H3. The Hall–Kier alpha value is -1.35. The molecule has 80 valence electrons. The molecule has 0 saturated carbocycles. The van der Waals surface area contributed by atoms with Crippen LogP contribution in [-0.2, 0) is 11.2 Å². The van der Waals surface area contributed by atoms with Crippen molar-refractivity contribution in [1.82, 2.24) is 0 Å². The SMILES string of the molecule is CC(O)(C=O)C1CCc2ccccc2N1. The predicted molar refractivity (Wildman–Crippen MR) is 58.9 cm³/mol. The maximum Gasteiger partial charge on any atom is 0.153 e. The van der Waals surface area contributed by atoms with Gasteiger partial charge in [0.15, 0.2) is 6.29 Å². The van der Waals surface area contributed by atoms with E-state index in [4.69, 9.17) is 0 Å². The lowest BCUT2D eigenvalue weighted by Gasteiger charge is -2.34. The molecule has 1 aliphatic heterocycles. The maximum atomic E-state index is 10.7. The fourth-order valence-electron chi connectivity index (χ4n) is 1.96. The Labute approximate surface area is 89.1 Å². The molecule has 1 heterocycles. The van der Waals surface area contributed by atoms with E-state index in [1.807, 2.05) is 18.2 Å². The molecule has 2 rings (SSSR count). The number of hydrogen-bond donors (Lipinski definition) is 2. The van der Waals surface area contributed by atoms with Crippen LogP contribution < -0.4 is 5.32 Å². The van der Waals surface area contributed by atoms with Crippen molar-refractivity contribution in [1.29, 1.82) is 0 Å². The molecule has 1 aliphatic rings. The molecule has 0 aliphatic carbocycles. The summed E-state index contributed by atoms with van der Waals surface area (Å²) in [5, 5.41) is 13.0. The fourth-order valence-corrected chi connectivity index (χ4v) is 1.96. The van der Waals surface area contributed by atoms with E-state index < -0.39 is 5.60 Å². The molecule has 3 nitrogen and oxygen atoms in total. The van der Waals surface area contributed by atoms with Crippen LogP contribution in [0.1, 0.15) is 18.9 Å². The van der Waals surface area contributed by atoms with Crippen LogP contribution in [0.25, 0.3) is 0 Å². The molecule has 3 heteroatoms. The number of hydrogen-bond acceptors (Lipinski definition) is 3. The van der Waals surface area contributed by atoms with Gasteiger partial charge >= 0.3 is 0 Å². The number of rotatable bonds is 2. The highest BCUT2D eigenvalue weighted by molar-refractivity contribution is 5.66. The van der Waals surface area contributed by atoms with Crippen LogP contribution in [0.3, 0.4) is 0 Å². The Morgan fingerprint density at radius 2 is 2.27 bits per heavy atom. The topological polar surface area (TPSA) is 49.3 Å². The summed E-state index contributed by atoms with van der Waals surface area (Å²) in [4.78, 5) is 10.7. The van der Waals surface area contributed by atoms with Crippen LogP contribution >= 0.6 is 0 Å². The van der Waals surface area contributed by atoms with E-state index in [1.165, 1.54) is 5.56 Å². The van der Waals surface area contributed by atoms with Gasteiger partial charge in [0, 0.05) is 5.69 Å². The Morgan fingerprint density at radius 1 is 1.53 bits per heavy atom. The van der Waals surface area contributed by atoms with E-state index in [9.17, 15) is 9.90 Å². The van der Waals surface area contributed by atoms with Gasteiger partial charge in [0.25, 0.3) is 0 Å². The molecule has 2 unspecified atom stereocenters. The highest BCUT2D eigenvalue weighted by Gasteiger charge is 2.33. The lowest BCUT2D eigenvalue weighted by Crippen LogP contribution is -2.47. The summed E-state index contributed by atoms with van der Waals surface area (Å²) < 4.78 is 0. The predicted octanol–water partition coefficient (Wildman–Crippen LogP) is 1.36. The first-order valence-electron chi connectivity index (χ1n) is 5.16. The minimum absolute atomic E-state index is 0.190. The van der Waals surface area contributed by atoms with Gasteiger partial charge in [-0.25, -0.2) is 0 Å². The van der Waals surface area contributed by atoms with Crippen LogP contribution in [0.15, 0.2) is 24.3 Å².